The van der Waals surface area contributed by atoms with Crippen LogP contribution in [0.2, 0.25) is 0 Å². The molecule has 9 heteroatoms. The van der Waals surface area contributed by atoms with Crippen molar-refractivity contribution in [2.24, 2.45) is 0 Å². The molecule has 26 heavy (non-hydrogen) atoms. The topological polar surface area (TPSA) is 91.6 Å². The molecular weight excluding hydrogens is 348 g/mol. The van der Waals surface area contributed by atoms with E-state index in [0.717, 1.165) is 25.1 Å². The number of carbonyl (C=O) groups is 2. The Morgan fingerprint density at radius 3 is 2.62 bits per heavy atom. The summed E-state index contributed by atoms with van der Waals surface area (Å²) in [6.45, 7) is 0.287. The van der Waals surface area contributed by atoms with Gasteiger partial charge in [0, 0.05) is 25.3 Å². The zero-order valence-electron chi connectivity index (χ0n) is 13.6. The average Bonchev–Trinajstić information content (AvgIpc) is 3.40. The van der Waals surface area contributed by atoms with E-state index in [1.165, 1.54) is 9.47 Å². The normalized spacial score (nSPS) is 17.5. The highest BCUT2D eigenvalue weighted by atomic mass is 19.1. The van der Waals surface area contributed by atoms with Gasteiger partial charge in [0.25, 0.3) is 0 Å². The highest BCUT2D eigenvalue weighted by Crippen LogP contribution is 2.39. The number of amides is 1. The van der Waals surface area contributed by atoms with Crippen LogP contribution in [0, 0.1) is 11.6 Å². The van der Waals surface area contributed by atoms with Crippen molar-refractivity contribution in [3.63, 3.8) is 0 Å². The number of piperazine rings is 1. The van der Waals surface area contributed by atoms with Gasteiger partial charge in [-0.25, -0.2) is 13.6 Å². The largest absolute Gasteiger partial charge is 0.477 e. The molecule has 2 N–H and O–H groups in total. The van der Waals surface area contributed by atoms with Gasteiger partial charge in [-0.2, -0.15) is 0 Å². The third-order valence-electron chi connectivity index (χ3n) is 4.71. The van der Waals surface area contributed by atoms with E-state index in [9.17, 15) is 23.9 Å². The summed E-state index contributed by atoms with van der Waals surface area (Å²) in [5.74, 6) is -3.73. The summed E-state index contributed by atoms with van der Waals surface area (Å²) in [7, 11) is 0. The molecular formula is C17H15F2N3O4. The van der Waals surface area contributed by atoms with Gasteiger partial charge in [0.05, 0.1) is 17.4 Å². The first-order valence-electron chi connectivity index (χ1n) is 8.20. The van der Waals surface area contributed by atoms with Crippen LogP contribution in [0.4, 0.5) is 14.5 Å². The first kappa shape index (κ1) is 16.5. The number of rotatable bonds is 3. The molecule has 0 spiro atoms. The summed E-state index contributed by atoms with van der Waals surface area (Å²) in [6, 6.07) is 0.738. The molecule has 1 aromatic heterocycles. The zero-order chi connectivity index (χ0) is 18.6. The molecule has 1 saturated carbocycles. The van der Waals surface area contributed by atoms with Gasteiger partial charge in [-0.1, -0.05) is 0 Å². The number of fused-ring (bicyclic) bond motifs is 1. The van der Waals surface area contributed by atoms with E-state index in [4.69, 9.17) is 0 Å². The van der Waals surface area contributed by atoms with E-state index in [2.05, 4.69) is 5.32 Å². The number of carbonyl (C=O) groups excluding carboxylic acids is 1. The number of carboxylic acid groups (broad SMARTS) is 1. The summed E-state index contributed by atoms with van der Waals surface area (Å²) in [5.41, 5.74) is -1.94. The lowest BCUT2D eigenvalue weighted by atomic mass is 10.1. The molecule has 0 unspecified atom stereocenters. The fraction of sp³-hybridized carbons (Fsp3) is 0.353. The lowest BCUT2D eigenvalue weighted by Crippen LogP contribution is -2.48. The van der Waals surface area contributed by atoms with Crippen molar-refractivity contribution < 1.29 is 23.5 Å². The Morgan fingerprint density at radius 1 is 1.27 bits per heavy atom. The van der Waals surface area contributed by atoms with Gasteiger partial charge in [-0.05, 0) is 18.9 Å². The third-order valence-corrected chi connectivity index (χ3v) is 4.71. The summed E-state index contributed by atoms with van der Waals surface area (Å²) in [6.07, 6.45) is 2.56. The predicted octanol–water partition coefficient (Wildman–Crippen LogP) is 1.25. The van der Waals surface area contributed by atoms with Gasteiger partial charge >= 0.3 is 5.97 Å². The van der Waals surface area contributed by atoms with E-state index in [1.54, 1.807) is 0 Å². The molecule has 1 saturated heterocycles. The number of aromatic nitrogens is 1. The van der Waals surface area contributed by atoms with E-state index >= 15 is 4.39 Å². The molecule has 0 radical (unpaired) electrons. The van der Waals surface area contributed by atoms with Crippen LogP contribution in [0.1, 0.15) is 29.2 Å². The number of aromatic carboxylic acids is 1. The zero-order valence-corrected chi connectivity index (χ0v) is 13.6. The molecule has 4 rings (SSSR count). The SMILES string of the molecule is O=C1CN(c2c(F)cc3c(=O)c(C(=O)O)cn(C4CC4)c3c2F)CCN1. The van der Waals surface area contributed by atoms with Crippen molar-refractivity contribution in [1.29, 1.82) is 0 Å². The molecule has 2 aromatic rings. The van der Waals surface area contributed by atoms with Crippen LogP contribution < -0.4 is 15.6 Å². The first-order chi connectivity index (χ1) is 12.4. The Balaban J connectivity index is 2.01. The second-order valence-electron chi connectivity index (χ2n) is 6.50. The maximum Gasteiger partial charge on any atom is 0.341 e. The van der Waals surface area contributed by atoms with Crippen LogP contribution in [0.15, 0.2) is 17.1 Å². The molecule has 7 nitrogen and oxygen atoms in total. The molecule has 1 aliphatic heterocycles. The van der Waals surface area contributed by atoms with Gasteiger partial charge in [-0.3, -0.25) is 9.59 Å². The number of halogens is 2. The van der Waals surface area contributed by atoms with Crippen molar-refractivity contribution in [2.75, 3.05) is 24.5 Å². The number of carboxylic acids is 1. The summed E-state index contributed by atoms with van der Waals surface area (Å²) < 4.78 is 31.3. The minimum atomic E-state index is -1.44. The number of nitrogens with zero attached hydrogens (tertiary/aromatic N) is 2. The fourth-order valence-electron chi connectivity index (χ4n) is 3.34. The number of anilines is 1. The number of hydrogen-bond acceptors (Lipinski definition) is 4. The van der Waals surface area contributed by atoms with E-state index in [1.807, 2.05) is 0 Å². The minimum Gasteiger partial charge on any atom is -0.477 e. The second-order valence-corrected chi connectivity index (χ2v) is 6.50. The van der Waals surface area contributed by atoms with Crippen LogP contribution in [0.5, 0.6) is 0 Å². The lowest BCUT2D eigenvalue weighted by molar-refractivity contribution is -0.120. The summed E-state index contributed by atoms with van der Waals surface area (Å²) in [5, 5.41) is 11.5. The van der Waals surface area contributed by atoms with Crippen LogP contribution in [-0.2, 0) is 4.79 Å². The minimum absolute atomic E-state index is 0.120. The second kappa shape index (κ2) is 5.79. The van der Waals surface area contributed by atoms with E-state index in [-0.39, 0.29) is 48.2 Å². The molecule has 2 heterocycles. The molecule has 0 bridgehead atoms. The number of hydrogen-bond donors (Lipinski definition) is 2. The Morgan fingerprint density at radius 2 is 2.00 bits per heavy atom. The van der Waals surface area contributed by atoms with Crippen LogP contribution in [-0.4, -0.2) is 41.2 Å². The Hall–Kier alpha value is -2.97. The van der Waals surface area contributed by atoms with Gasteiger partial charge in [0.15, 0.2) is 5.82 Å². The van der Waals surface area contributed by atoms with Crippen molar-refractivity contribution in [3.8, 4) is 0 Å². The molecule has 136 valence electrons. The number of pyridine rings is 1. The monoisotopic (exact) mass is 363 g/mol. The molecule has 1 amide bonds. The molecule has 1 aromatic carbocycles. The van der Waals surface area contributed by atoms with Gasteiger partial charge in [0.2, 0.25) is 11.3 Å². The highest BCUT2D eigenvalue weighted by Gasteiger charge is 2.31. The molecule has 2 fully saturated rings. The highest BCUT2D eigenvalue weighted by molar-refractivity contribution is 5.94. The Bertz CT molecular complexity index is 1010. The van der Waals surface area contributed by atoms with E-state index in [0.29, 0.717) is 0 Å². The average molecular weight is 363 g/mol. The van der Waals surface area contributed by atoms with Crippen LogP contribution in [0.25, 0.3) is 10.9 Å². The van der Waals surface area contributed by atoms with E-state index < -0.39 is 28.6 Å². The first-order valence-corrected chi connectivity index (χ1v) is 8.20. The Labute approximate surface area is 145 Å². The fourth-order valence-corrected chi connectivity index (χ4v) is 3.34. The lowest BCUT2D eigenvalue weighted by Gasteiger charge is -2.29. The standard InChI is InChI=1S/C17H15F2N3O4/c18-11-5-9-14(13(19)15(11)21-4-3-20-12(23)7-21)22(8-1-2-8)6-10(16(9)24)17(25)26/h5-6,8H,1-4,7H2,(H,20,23)(H,25,26). The molecule has 0 atom stereocenters. The summed E-state index contributed by atoms with van der Waals surface area (Å²) in [4.78, 5) is 36.6. The molecule has 2 aliphatic rings. The van der Waals surface area contributed by atoms with Crippen molar-refractivity contribution in [3.05, 3.63) is 39.7 Å². The summed E-state index contributed by atoms with van der Waals surface area (Å²) >= 11 is 0. The quantitative estimate of drug-likeness (QED) is 0.856. The maximum atomic E-state index is 15.3. The van der Waals surface area contributed by atoms with Crippen LogP contribution in [0.3, 0.4) is 0 Å². The maximum absolute atomic E-state index is 15.3. The smallest absolute Gasteiger partial charge is 0.341 e. The number of benzene rings is 1. The number of nitrogens with one attached hydrogen (secondary N) is 1. The van der Waals surface area contributed by atoms with Crippen molar-refractivity contribution in [2.45, 2.75) is 18.9 Å². The van der Waals surface area contributed by atoms with Gasteiger partial charge < -0.3 is 19.9 Å². The van der Waals surface area contributed by atoms with Crippen molar-refractivity contribution in [1.82, 2.24) is 9.88 Å². The predicted molar refractivity (Wildman–Crippen MR) is 88.6 cm³/mol. The molecule has 1 aliphatic carbocycles. The third kappa shape index (κ3) is 2.51. The van der Waals surface area contributed by atoms with Crippen molar-refractivity contribution >= 4 is 28.5 Å². The van der Waals surface area contributed by atoms with Gasteiger partial charge in [0.1, 0.15) is 17.1 Å². The van der Waals surface area contributed by atoms with Crippen LogP contribution >= 0.6 is 0 Å². The Kier molecular flexibility index (Phi) is 3.67. The van der Waals surface area contributed by atoms with Gasteiger partial charge in [-0.15, -0.1) is 0 Å².